The second kappa shape index (κ2) is 9.37. The number of aromatic nitrogens is 1. The standard InChI is InChI=1S/C23H19ClN2O5/c1-14-16(11-25)22(28)26(12-15-7-3-4-8-17(15)24)23(29)21(14)18(27)13-31-20-10-6-5-9-19(20)30-2/h3-10,29H,12-13H2,1-2H3. The van der Waals surface area contributed by atoms with Gasteiger partial charge in [-0.15, -0.1) is 0 Å². The molecule has 0 radical (unpaired) electrons. The number of ketones is 1. The van der Waals surface area contributed by atoms with Gasteiger partial charge in [0.1, 0.15) is 11.6 Å². The van der Waals surface area contributed by atoms with Crippen molar-refractivity contribution >= 4 is 17.4 Å². The van der Waals surface area contributed by atoms with Gasteiger partial charge in [0.05, 0.1) is 19.2 Å². The molecule has 158 valence electrons. The van der Waals surface area contributed by atoms with Crippen molar-refractivity contribution in [3.63, 3.8) is 0 Å². The number of ether oxygens (including phenoxy) is 2. The van der Waals surface area contributed by atoms with Gasteiger partial charge in [-0.3, -0.25) is 14.2 Å². The fourth-order valence-corrected chi connectivity index (χ4v) is 3.38. The molecule has 0 unspecified atom stereocenters. The molecule has 3 aromatic rings. The second-order valence-electron chi connectivity index (χ2n) is 6.66. The monoisotopic (exact) mass is 438 g/mol. The number of halogens is 1. The maximum Gasteiger partial charge on any atom is 0.271 e. The van der Waals surface area contributed by atoms with Crippen LogP contribution in [0.1, 0.15) is 27.0 Å². The van der Waals surface area contributed by atoms with E-state index in [1.807, 2.05) is 6.07 Å². The summed E-state index contributed by atoms with van der Waals surface area (Å²) in [7, 11) is 1.48. The van der Waals surface area contributed by atoms with Crippen LogP contribution in [0, 0.1) is 18.3 Å². The fourth-order valence-electron chi connectivity index (χ4n) is 3.18. The summed E-state index contributed by atoms with van der Waals surface area (Å²) in [6.45, 7) is 0.909. The Morgan fingerprint density at radius 3 is 2.45 bits per heavy atom. The summed E-state index contributed by atoms with van der Waals surface area (Å²) >= 11 is 6.17. The van der Waals surface area contributed by atoms with E-state index in [0.717, 1.165) is 4.57 Å². The lowest BCUT2D eigenvalue weighted by atomic mass is 10.0. The molecule has 8 heteroatoms. The van der Waals surface area contributed by atoms with Crippen LogP contribution in [0.15, 0.2) is 53.3 Å². The molecule has 0 amide bonds. The number of hydrogen-bond donors (Lipinski definition) is 1. The number of methoxy groups -OCH3 is 1. The summed E-state index contributed by atoms with van der Waals surface area (Å²) in [4.78, 5) is 25.7. The molecule has 1 heterocycles. The number of nitrogens with zero attached hydrogens (tertiary/aromatic N) is 2. The lowest BCUT2D eigenvalue weighted by Crippen LogP contribution is -2.28. The Morgan fingerprint density at radius 1 is 1.16 bits per heavy atom. The number of hydrogen-bond acceptors (Lipinski definition) is 6. The third kappa shape index (κ3) is 4.39. The van der Waals surface area contributed by atoms with E-state index in [0.29, 0.717) is 22.1 Å². The average molecular weight is 439 g/mol. The van der Waals surface area contributed by atoms with Gasteiger partial charge in [0.15, 0.2) is 18.1 Å². The van der Waals surface area contributed by atoms with Crippen molar-refractivity contribution in [2.45, 2.75) is 13.5 Å². The van der Waals surface area contributed by atoms with Crippen LogP contribution >= 0.6 is 11.6 Å². The Hall–Kier alpha value is -3.76. The van der Waals surface area contributed by atoms with E-state index < -0.39 is 23.8 Å². The predicted octanol–water partition coefficient (Wildman–Crippen LogP) is 3.71. The third-order valence-electron chi connectivity index (χ3n) is 4.79. The van der Waals surface area contributed by atoms with Crippen LogP contribution in [0.4, 0.5) is 0 Å². The van der Waals surface area contributed by atoms with Gasteiger partial charge in [-0.05, 0) is 36.2 Å². The van der Waals surface area contributed by atoms with Gasteiger partial charge < -0.3 is 14.6 Å². The molecule has 3 rings (SSSR count). The molecule has 0 fully saturated rings. The first-order valence-electron chi connectivity index (χ1n) is 9.27. The minimum atomic E-state index is -0.709. The van der Waals surface area contributed by atoms with Gasteiger partial charge in [0.2, 0.25) is 11.7 Å². The average Bonchev–Trinajstić information content (AvgIpc) is 2.77. The molecule has 0 aliphatic rings. The molecule has 0 aliphatic heterocycles. The number of rotatable bonds is 7. The number of aromatic hydroxyl groups is 1. The van der Waals surface area contributed by atoms with Crippen molar-refractivity contribution in [3.8, 4) is 23.4 Å². The van der Waals surface area contributed by atoms with E-state index in [1.165, 1.54) is 14.0 Å². The number of benzene rings is 2. The van der Waals surface area contributed by atoms with Crippen molar-refractivity contribution in [1.29, 1.82) is 5.26 Å². The fraction of sp³-hybridized carbons (Fsp3) is 0.174. The lowest BCUT2D eigenvalue weighted by molar-refractivity contribution is 0.0914. The van der Waals surface area contributed by atoms with E-state index in [-0.39, 0.29) is 23.2 Å². The molecule has 0 atom stereocenters. The van der Waals surface area contributed by atoms with Gasteiger partial charge in [-0.1, -0.05) is 41.9 Å². The zero-order valence-electron chi connectivity index (χ0n) is 16.9. The molecule has 1 aromatic heterocycles. The van der Waals surface area contributed by atoms with Crippen LogP contribution in [-0.4, -0.2) is 29.2 Å². The lowest BCUT2D eigenvalue weighted by Gasteiger charge is -2.16. The number of carbonyl (C=O) groups excluding carboxylic acids is 1. The largest absolute Gasteiger partial charge is 0.494 e. The van der Waals surface area contributed by atoms with Crippen molar-refractivity contribution in [2.75, 3.05) is 13.7 Å². The minimum absolute atomic E-state index is 0.0917. The van der Waals surface area contributed by atoms with Crippen molar-refractivity contribution in [3.05, 3.63) is 86.2 Å². The highest BCUT2D eigenvalue weighted by Gasteiger charge is 2.25. The first kappa shape index (κ1) is 21.9. The minimum Gasteiger partial charge on any atom is -0.494 e. The van der Waals surface area contributed by atoms with Gasteiger partial charge in [0.25, 0.3) is 5.56 Å². The highest BCUT2D eigenvalue weighted by molar-refractivity contribution is 6.31. The summed E-state index contributed by atoms with van der Waals surface area (Å²) in [5.41, 5.74) is -0.449. The summed E-state index contributed by atoms with van der Waals surface area (Å²) in [6.07, 6.45) is 0. The van der Waals surface area contributed by atoms with Gasteiger partial charge in [0, 0.05) is 5.02 Å². The molecule has 0 spiro atoms. The van der Waals surface area contributed by atoms with Crippen LogP contribution in [-0.2, 0) is 6.54 Å². The Morgan fingerprint density at radius 2 is 1.81 bits per heavy atom. The van der Waals surface area contributed by atoms with Gasteiger partial charge >= 0.3 is 0 Å². The Kier molecular flexibility index (Phi) is 6.63. The molecule has 31 heavy (non-hydrogen) atoms. The number of para-hydroxylation sites is 2. The smallest absolute Gasteiger partial charge is 0.271 e. The van der Waals surface area contributed by atoms with Crippen LogP contribution in [0.25, 0.3) is 0 Å². The first-order chi connectivity index (χ1) is 14.9. The van der Waals surface area contributed by atoms with Crippen molar-refractivity contribution < 1.29 is 19.4 Å². The highest BCUT2D eigenvalue weighted by Crippen LogP contribution is 2.28. The maximum absolute atomic E-state index is 12.9. The van der Waals surface area contributed by atoms with Crippen LogP contribution in [0.5, 0.6) is 17.4 Å². The normalized spacial score (nSPS) is 10.4. The molecule has 0 bridgehead atoms. The molecule has 0 saturated carbocycles. The quantitative estimate of drug-likeness (QED) is 0.564. The number of Topliss-reactive ketones (excluding diaryl/α,β-unsaturated/α-hetero) is 1. The number of carbonyl (C=O) groups is 1. The summed E-state index contributed by atoms with van der Waals surface area (Å²) < 4.78 is 11.7. The molecule has 1 N–H and O–H groups in total. The maximum atomic E-state index is 12.9. The van der Waals surface area contributed by atoms with E-state index in [2.05, 4.69) is 0 Å². The second-order valence-corrected chi connectivity index (χ2v) is 7.06. The van der Waals surface area contributed by atoms with Gasteiger partial charge in [-0.2, -0.15) is 5.26 Å². The first-order valence-corrected chi connectivity index (χ1v) is 9.65. The summed E-state index contributed by atoms with van der Waals surface area (Å²) in [6, 6.07) is 15.4. The molecule has 0 saturated heterocycles. The molecular formula is C23H19ClN2O5. The molecular weight excluding hydrogens is 420 g/mol. The van der Waals surface area contributed by atoms with Crippen LogP contribution < -0.4 is 15.0 Å². The summed E-state index contributed by atoms with van der Waals surface area (Å²) in [5.74, 6) is -0.349. The number of pyridine rings is 1. The molecule has 2 aromatic carbocycles. The van der Waals surface area contributed by atoms with Gasteiger partial charge in [-0.25, -0.2) is 0 Å². The summed E-state index contributed by atoms with van der Waals surface area (Å²) in [5, 5.41) is 20.7. The van der Waals surface area contributed by atoms with E-state index in [4.69, 9.17) is 21.1 Å². The Balaban J connectivity index is 2.01. The van der Waals surface area contributed by atoms with E-state index >= 15 is 0 Å². The molecule has 7 nitrogen and oxygen atoms in total. The molecule has 0 aliphatic carbocycles. The van der Waals surface area contributed by atoms with Crippen LogP contribution in [0.2, 0.25) is 5.02 Å². The van der Waals surface area contributed by atoms with Crippen molar-refractivity contribution in [2.24, 2.45) is 0 Å². The Labute approximate surface area is 183 Å². The predicted molar refractivity (Wildman–Crippen MR) is 115 cm³/mol. The van der Waals surface area contributed by atoms with E-state index in [9.17, 15) is 20.0 Å². The Bertz CT molecular complexity index is 1240. The number of nitriles is 1. The topological polar surface area (TPSA) is 102 Å². The van der Waals surface area contributed by atoms with Crippen molar-refractivity contribution in [1.82, 2.24) is 4.57 Å². The zero-order valence-corrected chi connectivity index (χ0v) is 17.6. The highest BCUT2D eigenvalue weighted by atomic mass is 35.5. The van der Waals surface area contributed by atoms with Crippen LogP contribution in [0.3, 0.4) is 0 Å². The zero-order chi connectivity index (χ0) is 22.5. The van der Waals surface area contributed by atoms with E-state index in [1.54, 1.807) is 48.5 Å². The SMILES string of the molecule is COc1ccccc1OCC(=O)c1c(C)c(C#N)c(=O)n(Cc2ccccc2Cl)c1O. The third-order valence-corrected chi connectivity index (χ3v) is 5.16.